The van der Waals surface area contributed by atoms with Crippen LogP contribution in [-0.2, 0) is 9.53 Å². The van der Waals surface area contributed by atoms with Gasteiger partial charge in [0, 0.05) is 12.8 Å². The zero-order valence-corrected chi connectivity index (χ0v) is 8.51. The predicted octanol–water partition coefficient (Wildman–Crippen LogP) is 2.31. The van der Waals surface area contributed by atoms with E-state index in [0.29, 0.717) is 18.3 Å². The first-order valence-electron chi connectivity index (χ1n) is 5.25. The fourth-order valence-electron chi connectivity index (χ4n) is 1.88. The van der Waals surface area contributed by atoms with E-state index < -0.39 is 0 Å². The molecule has 0 N–H and O–H groups in total. The highest BCUT2D eigenvalue weighted by Gasteiger charge is 2.39. The molecule has 13 heavy (non-hydrogen) atoms. The lowest BCUT2D eigenvalue weighted by Crippen LogP contribution is -2.39. The summed E-state index contributed by atoms with van der Waals surface area (Å²) in [7, 11) is 0. The number of rotatable bonds is 2. The van der Waals surface area contributed by atoms with Gasteiger partial charge in [-0.2, -0.15) is 0 Å². The first kappa shape index (κ1) is 9.20. The SMILES string of the molecule is CC1(C)CCC(=O)CC1OC1CC1. The second kappa shape index (κ2) is 3.09. The van der Waals surface area contributed by atoms with Gasteiger partial charge < -0.3 is 4.74 Å². The molecule has 1 atom stereocenters. The minimum absolute atomic E-state index is 0.182. The topological polar surface area (TPSA) is 26.3 Å². The fourth-order valence-corrected chi connectivity index (χ4v) is 1.88. The van der Waals surface area contributed by atoms with E-state index in [1.165, 1.54) is 12.8 Å². The summed E-state index contributed by atoms with van der Waals surface area (Å²) in [6.45, 7) is 4.43. The molecule has 2 nitrogen and oxygen atoms in total. The van der Waals surface area contributed by atoms with E-state index in [2.05, 4.69) is 13.8 Å². The smallest absolute Gasteiger partial charge is 0.135 e. The number of ether oxygens (including phenoxy) is 1. The molecule has 0 bridgehead atoms. The van der Waals surface area contributed by atoms with Crippen LogP contribution in [-0.4, -0.2) is 18.0 Å². The van der Waals surface area contributed by atoms with Crippen molar-refractivity contribution in [3.05, 3.63) is 0 Å². The Morgan fingerprint density at radius 3 is 2.69 bits per heavy atom. The normalized spacial score (nSPS) is 33.4. The molecule has 74 valence electrons. The third-order valence-corrected chi connectivity index (χ3v) is 3.21. The van der Waals surface area contributed by atoms with Crippen molar-refractivity contribution in [2.24, 2.45) is 5.41 Å². The summed E-state index contributed by atoms with van der Waals surface area (Å²) in [6, 6.07) is 0. The summed E-state index contributed by atoms with van der Waals surface area (Å²) in [4.78, 5) is 11.3. The van der Waals surface area contributed by atoms with E-state index in [1.54, 1.807) is 0 Å². The monoisotopic (exact) mass is 182 g/mol. The highest BCUT2D eigenvalue weighted by Crippen LogP contribution is 2.39. The molecule has 0 aliphatic heterocycles. The van der Waals surface area contributed by atoms with Gasteiger partial charge in [-0.1, -0.05) is 13.8 Å². The fraction of sp³-hybridized carbons (Fsp3) is 0.909. The maximum Gasteiger partial charge on any atom is 0.135 e. The first-order valence-corrected chi connectivity index (χ1v) is 5.25. The molecular weight excluding hydrogens is 164 g/mol. The van der Waals surface area contributed by atoms with Crippen molar-refractivity contribution in [1.82, 2.24) is 0 Å². The highest BCUT2D eigenvalue weighted by molar-refractivity contribution is 5.79. The number of carbonyl (C=O) groups is 1. The van der Waals surface area contributed by atoms with Crippen LogP contribution in [0.2, 0.25) is 0 Å². The lowest BCUT2D eigenvalue weighted by Gasteiger charge is -2.37. The Hall–Kier alpha value is -0.370. The van der Waals surface area contributed by atoms with Gasteiger partial charge >= 0.3 is 0 Å². The lowest BCUT2D eigenvalue weighted by atomic mass is 9.74. The molecular formula is C11H18O2. The zero-order valence-electron chi connectivity index (χ0n) is 8.51. The van der Waals surface area contributed by atoms with Gasteiger partial charge in [0.25, 0.3) is 0 Å². The quantitative estimate of drug-likeness (QED) is 0.655. The van der Waals surface area contributed by atoms with Crippen LogP contribution in [0, 0.1) is 5.41 Å². The Kier molecular flexibility index (Phi) is 2.18. The number of carbonyl (C=O) groups excluding carboxylic acids is 1. The van der Waals surface area contributed by atoms with Crippen molar-refractivity contribution in [2.75, 3.05) is 0 Å². The van der Waals surface area contributed by atoms with Crippen molar-refractivity contribution in [3.63, 3.8) is 0 Å². The standard InChI is InChI=1S/C11H18O2/c1-11(2)6-5-8(12)7-10(11)13-9-3-4-9/h9-10H,3-7H2,1-2H3. The molecule has 0 amide bonds. The molecule has 0 saturated heterocycles. The lowest BCUT2D eigenvalue weighted by molar-refractivity contribution is -0.132. The summed E-state index contributed by atoms with van der Waals surface area (Å²) in [5.41, 5.74) is 0.205. The van der Waals surface area contributed by atoms with Gasteiger partial charge in [0.2, 0.25) is 0 Å². The van der Waals surface area contributed by atoms with E-state index in [-0.39, 0.29) is 11.5 Å². The Balaban J connectivity index is 1.97. The second-order valence-electron chi connectivity index (χ2n) is 5.06. The molecule has 2 fully saturated rings. The van der Waals surface area contributed by atoms with Gasteiger partial charge in [0.15, 0.2) is 0 Å². The minimum atomic E-state index is 0.182. The first-order chi connectivity index (χ1) is 6.08. The summed E-state index contributed by atoms with van der Waals surface area (Å²) in [5.74, 6) is 0.380. The molecule has 2 rings (SSSR count). The van der Waals surface area contributed by atoms with Crippen molar-refractivity contribution in [1.29, 1.82) is 0 Å². The Morgan fingerprint density at radius 2 is 2.08 bits per heavy atom. The minimum Gasteiger partial charge on any atom is -0.374 e. The molecule has 0 spiro atoms. The average Bonchev–Trinajstić information content (AvgIpc) is 2.81. The Bertz CT molecular complexity index is 216. The molecule has 0 aromatic heterocycles. The van der Waals surface area contributed by atoms with Crippen molar-refractivity contribution in [3.8, 4) is 0 Å². The van der Waals surface area contributed by atoms with Crippen molar-refractivity contribution >= 4 is 5.78 Å². The van der Waals surface area contributed by atoms with Crippen LogP contribution < -0.4 is 0 Å². The van der Waals surface area contributed by atoms with Gasteiger partial charge in [-0.05, 0) is 24.7 Å². The number of ketones is 1. The van der Waals surface area contributed by atoms with Crippen molar-refractivity contribution in [2.45, 2.75) is 58.2 Å². The summed E-state index contributed by atoms with van der Waals surface area (Å²) >= 11 is 0. The largest absolute Gasteiger partial charge is 0.374 e. The van der Waals surface area contributed by atoms with Gasteiger partial charge in [-0.15, -0.1) is 0 Å². The maximum absolute atomic E-state index is 11.3. The van der Waals surface area contributed by atoms with Crippen molar-refractivity contribution < 1.29 is 9.53 Å². The molecule has 0 aromatic rings. The highest BCUT2D eigenvalue weighted by atomic mass is 16.5. The van der Waals surface area contributed by atoms with Crippen LogP contribution >= 0.6 is 0 Å². The van der Waals surface area contributed by atoms with E-state index in [4.69, 9.17) is 4.74 Å². The predicted molar refractivity (Wildman–Crippen MR) is 50.5 cm³/mol. The number of Topliss-reactive ketones (excluding diaryl/α,β-unsaturated/α-hetero) is 1. The van der Waals surface area contributed by atoms with Gasteiger partial charge in [0.1, 0.15) is 5.78 Å². The van der Waals surface area contributed by atoms with E-state index in [1.807, 2.05) is 0 Å². The number of hydrogen-bond donors (Lipinski definition) is 0. The van der Waals surface area contributed by atoms with E-state index in [0.717, 1.165) is 12.8 Å². The van der Waals surface area contributed by atoms with Gasteiger partial charge in [-0.3, -0.25) is 4.79 Å². The number of hydrogen-bond acceptors (Lipinski definition) is 2. The van der Waals surface area contributed by atoms with Gasteiger partial charge in [0.05, 0.1) is 12.2 Å². The molecule has 2 aliphatic carbocycles. The van der Waals surface area contributed by atoms with E-state index in [9.17, 15) is 4.79 Å². The van der Waals surface area contributed by atoms with Crippen LogP contribution in [0.4, 0.5) is 0 Å². The van der Waals surface area contributed by atoms with Gasteiger partial charge in [-0.25, -0.2) is 0 Å². The molecule has 0 radical (unpaired) electrons. The second-order valence-corrected chi connectivity index (χ2v) is 5.06. The van der Waals surface area contributed by atoms with Crippen LogP contribution in [0.25, 0.3) is 0 Å². The molecule has 1 unspecified atom stereocenters. The maximum atomic E-state index is 11.3. The van der Waals surface area contributed by atoms with Crippen LogP contribution in [0.5, 0.6) is 0 Å². The molecule has 2 heteroatoms. The molecule has 0 aromatic carbocycles. The molecule has 0 heterocycles. The van der Waals surface area contributed by atoms with E-state index >= 15 is 0 Å². The Morgan fingerprint density at radius 1 is 1.38 bits per heavy atom. The average molecular weight is 182 g/mol. The van der Waals surface area contributed by atoms with Crippen LogP contribution in [0.3, 0.4) is 0 Å². The summed E-state index contributed by atoms with van der Waals surface area (Å²) < 4.78 is 5.87. The zero-order chi connectivity index (χ0) is 9.47. The van der Waals surface area contributed by atoms with Crippen LogP contribution in [0.1, 0.15) is 46.0 Å². The molecule has 2 aliphatic rings. The third-order valence-electron chi connectivity index (χ3n) is 3.21. The summed E-state index contributed by atoms with van der Waals surface area (Å²) in [6.07, 6.45) is 5.42. The molecule has 2 saturated carbocycles. The third kappa shape index (κ3) is 2.11. The summed E-state index contributed by atoms with van der Waals surface area (Å²) in [5, 5.41) is 0. The Labute approximate surface area is 79.7 Å². The van der Waals surface area contributed by atoms with Crippen LogP contribution in [0.15, 0.2) is 0 Å².